The summed E-state index contributed by atoms with van der Waals surface area (Å²) in [6.07, 6.45) is 15.3. The van der Waals surface area contributed by atoms with Crippen molar-refractivity contribution >= 4 is 0 Å². The number of allylic oxidation sites excluding steroid dienone is 3. The molecule has 0 aliphatic rings. The van der Waals surface area contributed by atoms with Gasteiger partial charge in [0.05, 0.1) is 0 Å². The second-order valence-corrected chi connectivity index (χ2v) is 5.07. The van der Waals surface area contributed by atoms with Crippen LogP contribution in [0.4, 0.5) is 0 Å². The van der Waals surface area contributed by atoms with E-state index in [4.69, 9.17) is 0 Å². The van der Waals surface area contributed by atoms with E-state index in [2.05, 4.69) is 33.6 Å². The smallest absolute Gasteiger partial charge is 0.0259 e. The van der Waals surface area contributed by atoms with Crippen molar-refractivity contribution in [1.29, 1.82) is 0 Å². The monoisotopic (exact) mass is 234 g/mol. The maximum absolute atomic E-state index is 3.92. The Morgan fingerprint density at radius 3 is 1.82 bits per heavy atom. The summed E-state index contributed by atoms with van der Waals surface area (Å²) >= 11 is 0. The predicted octanol–water partition coefficient (Wildman–Crippen LogP) is 5.92. The third-order valence-electron chi connectivity index (χ3n) is 3.90. The van der Waals surface area contributed by atoms with Gasteiger partial charge in [0, 0.05) is 5.41 Å². The van der Waals surface area contributed by atoms with Crippen LogP contribution in [0.15, 0.2) is 38.0 Å². The van der Waals surface area contributed by atoms with Gasteiger partial charge in [0.25, 0.3) is 0 Å². The van der Waals surface area contributed by atoms with E-state index < -0.39 is 0 Å². The molecule has 1 atom stereocenters. The van der Waals surface area contributed by atoms with Crippen molar-refractivity contribution in [3.8, 4) is 0 Å². The van der Waals surface area contributed by atoms with Gasteiger partial charge in [-0.3, -0.25) is 0 Å². The van der Waals surface area contributed by atoms with Crippen molar-refractivity contribution in [1.82, 2.24) is 0 Å². The van der Waals surface area contributed by atoms with Crippen LogP contribution < -0.4 is 0 Å². The van der Waals surface area contributed by atoms with Crippen molar-refractivity contribution in [3.05, 3.63) is 38.0 Å². The summed E-state index contributed by atoms with van der Waals surface area (Å²) in [5.74, 6) is 0.557. The van der Waals surface area contributed by atoms with Crippen molar-refractivity contribution in [2.45, 2.75) is 58.8 Å². The van der Waals surface area contributed by atoms with Gasteiger partial charge in [0.2, 0.25) is 0 Å². The molecular formula is C17H30. The fraction of sp³-hybridized carbons (Fsp3) is 0.647. The first-order valence-electron chi connectivity index (χ1n) is 7.07. The average Bonchev–Trinajstić information content (AvgIpc) is 2.36. The fourth-order valence-corrected chi connectivity index (χ4v) is 2.33. The Kier molecular flexibility index (Phi) is 8.85. The zero-order valence-electron chi connectivity index (χ0n) is 11.9. The Bertz CT molecular complexity index is 202. The third kappa shape index (κ3) is 5.39. The molecule has 0 aliphatic heterocycles. The highest BCUT2D eigenvalue weighted by molar-refractivity contribution is 5.18. The molecule has 1 unspecified atom stereocenters. The first-order valence-corrected chi connectivity index (χ1v) is 7.07. The summed E-state index contributed by atoms with van der Waals surface area (Å²) in [6, 6.07) is 0. The number of hydrogen-bond donors (Lipinski definition) is 0. The van der Waals surface area contributed by atoms with Crippen LogP contribution in [0.1, 0.15) is 58.8 Å². The van der Waals surface area contributed by atoms with E-state index in [1.54, 1.807) is 0 Å². The molecule has 0 aromatic rings. The van der Waals surface area contributed by atoms with Crippen LogP contribution in [0.5, 0.6) is 0 Å². The number of rotatable bonds is 11. The Hall–Kier alpha value is -0.780. The van der Waals surface area contributed by atoms with Crippen LogP contribution in [-0.4, -0.2) is 0 Å². The summed E-state index contributed by atoms with van der Waals surface area (Å²) in [6.45, 7) is 16.3. The van der Waals surface area contributed by atoms with Crippen LogP contribution >= 0.6 is 0 Å². The van der Waals surface area contributed by atoms with Gasteiger partial charge < -0.3 is 0 Å². The lowest BCUT2D eigenvalue weighted by molar-refractivity contribution is 0.357. The lowest BCUT2D eigenvalue weighted by Crippen LogP contribution is -2.21. The van der Waals surface area contributed by atoms with Gasteiger partial charge in [-0.25, -0.2) is 0 Å². The Morgan fingerprint density at radius 1 is 0.882 bits per heavy atom. The molecule has 0 bridgehead atoms. The van der Waals surface area contributed by atoms with Crippen LogP contribution in [0, 0.1) is 11.3 Å². The summed E-state index contributed by atoms with van der Waals surface area (Å²) in [7, 11) is 0. The molecule has 98 valence electrons. The standard InChI is InChI=1S/C17H30/c1-6-10-11-12-13-14-15-16(5)17(7-2,8-3)9-4/h7-9,16H,2-4,6,10-15H2,1,5H3. The lowest BCUT2D eigenvalue weighted by atomic mass is 9.74. The lowest BCUT2D eigenvalue weighted by Gasteiger charge is -2.30. The highest BCUT2D eigenvalue weighted by atomic mass is 14.3. The predicted molar refractivity (Wildman–Crippen MR) is 80.2 cm³/mol. The maximum atomic E-state index is 3.92. The molecule has 0 heterocycles. The summed E-state index contributed by atoms with van der Waals surface area (Å²) in [4.78, 5) is 0. The minimum atomic E-state index is -0.0799. The SMILES string of the molecule is C=CC(C=C)(C=C)C(C)CCCCCCCC. The molecule has 0 spiro atoms. The molecule has 0 amide bonds. The first kappa shape index (κ1) is 16.2. The van der Waals surface area contributed by atoms with Gasteiger partial charge in [-0.05, 0) is 12.3 Å². The van der Waals surface area contributed by atoms with E-state index in [9.17, 15) is 0 Å². The quantitative estimate of drug-likeness (QED) is 0.307. The van der Waals surface area contributed by atoms with Gasteiger partial charge >= 0.3 is 0 Å². The molecule has 17 heavy (non-hydrogen) atoms. The third-order valence-corrected chi connectivity index (χ3v) is 3.90. The highest BCUT2D eigenvalue weighted by Gasteiger charge is 2.25. The average molecular weight is 234 g/mol. The van der Waals surface area contributed by atoms with Gasteiger partial charge in [-0.1, -0.05) is 70.6 Å². The molecule has 0 fully saturated rings. The molecule has 0 radical (unpaired) electrons. The molecule has 0 saturated carbocycles. The van der Waals surface area contributed by atoms with Crippen molar-refractivity contribution in [2.24, 2.45) is 11.3 Å². The fourth-order valence-electron chi connectivity index (χ4n) is 2.33. The summed E-state index contributed by atoms with van der Waals surface area (Å²) in [5, 5.41) is 0. The van der Waals surface area contributed by atoms with E-state index in [0.717, 1.165) is 0 Å². The van der Waals surface area contributed by atoms with E-state index in [-0.39, 0.29) is 5.41 Å². The zero-order chi connectivity index (χ0) is 13.1. The van der Waals surface area contributed by atoms with Crippen LogP contribution in [0.3, 0.4) is 0 Å². The molecule has 0 saturated heterocycles. The van der Waals surface area contributed by atoms with Crippen LogP contribution in [-0.2, 0) is 0 Å². The number of unbranched alkanes of at least 4 members (excludes halogenated alkanes) is 5. The molecular weight excluding hydrogens is 204 g/mol. The Morgan fingerprint density at radius 2 is 1.35 bits per heavy atom. The first-order chi connectivity index (χ1) is 8.16. The molecule has 0 heteroatoms. The van der Waals surface area contributed by atoms with E-state index in [1.165, 1.54) is 44.9 Å². The van der Waals surface area contributed by atoms with Gasteiger partial charge in [0.1, 0.15) is 0 Å². The molecule has 0 N–H and O–H groups in total. The van der Waals surface area contributed by atoms with Crippen LogP contribution in [0.2, 0.25) is 0 Å². The van der Waals surface area contributed by atoms with Gasteiger partial charge in [-0.2, -0.15) is 0 Å². The van der Waals surface area contributed by atoms with Crippen molar-refractivity contribution < 1.29 is 0 Å². The van der Waals surface area contributed by atoms with E-state index in [0.29, 0.717) is 5.92 Å². The van der Waals surface area contributed by atoms with Crippen molar-refractivity contribution in [2.75, 3.05) is 0 Å². The molecule has 0 aliphatic carbocycles. The van der Waals surface area contributed by atoms with Gasteiger partial charge in [-0.15, -0.1) is 19.7 Å². The normalized spacial score (nSPS) is 13.1. The second kappa shape index (κ2) is 9.27. The maximum Gasteiger partial charge on any atom is 0.0259 e. The highest BCUT2D eigenvalue weighted by Crippen LogP contribution is 2.35. The number of hydrogen-bond acceptors (Lipinski definition) is 0. The minimum absolute atomic E-state index is 0.0799. The molecule has 0 aromatic heterocycles. The topological polar surface area (TPSA) is 0 Å². The largest absolute Gasteiger partial charge is 0.102 e. The molecule has 0 aromatic carbocycles. The van der Waals surface area contributed by atoms with Crippen LogP contribution in [0.25, 0.3) is 0 Å². The molecule has 0 rings (SSSR count). The zero-order valence-corrected chi connectivity index (χ0v) is 11.9. The summed E-state index contributed by atoms with van der Waals surface area (Å²) < 4.78 is 0. The Labute approximate surface area is 109 Å². The second-order valence-electron chi connectivity index (χ2n) is 5.07. The van der Waals surface area contributed by atoms with Crippen molar-refractivity contribution in [3.63, 3.8) is 0 Å². The minimum Gasteiger partial charge on any atom is -0.102 e. The molecule has 0 nitrogen and oxygen atoms in total. The van der Waals surface area contributed by atoms with E-state index >= 15 is 0 Å². The Balaban J connectivity index is 3.91. The van der Waals surface area contributed by atoms with E-state index in [1.807, 2.05) is 18.2 Å². The van der Waals surface area contributed by atoms with Gasteiger partial charge in [0.15, 0.2) is 0 Å². The summed E-state index contributed by atoms with van der Waals surface area (Å²) in [5.41, 5.74) is -0.0799.